The van der Waals surface area contributed by atoms with Crippen LogP contribution in [-0.4, -0.2) is 35.1 Å². The monoisotopic (exact) mass is 265 g/mol. The molecule has 4 heteroatoms. The van der Waals surface area contributed by atoms with Crippen molar-refractivity contribution in [2.75, 3.05) is 13.6 Å². The molecule has 0 aliphatic rings. The van der Waals surface area contributed by atoms with Crippen LogP contribution in [0.1, 0.15) is 26.3 Å². The second-order valence-electron chi connectivity index (χ2n) is 5.34. The van der Waals surface area contributed by atoms with Crippen molar-refractivity contribution >= 4 is 11.5 Å². The van der Waals surface area contributed by atoms with E-state index in [0.717, 1.165) is 11.1 Å². The Morgan fingerprint density at radius 1 is 1.37 bits per heavy atom. The van der Waals surface area contributed by atoms with Crippen molar-refractivity contribution in [3.63, 3.8) is 0 Å². The number of amides is 1. The zero-order chi connectivity index (χ0) is 14.6. The van der Waals surface area contributed by atoms with Crippen molar-refractivity contribution < 1.29 is 14.3 Å². The molecule has 19 heavy (non-hydrogen) atoms. The van der Waals surface area contributed by atoms with Gasteiger partial charge in [-0.3, -0.25) is 4.79 Å². The maximum Gasteiger partial charge on any atom is 0.246 e. The van der Waals surface area contributed by atoms with E-state index in [1.165, 1.54) is 23.1 Å². The fourth-order valence-electron chi connectivity index (χ4n) is 1.75. The van der Waals surface area contributed by atoms with Gasteiger partial charge in [0.2, 0.25) is 5.91 Å². The van der Waals surface area contributed by atoms with Crippen molar-refractivity contribution in [2.45, 2.75) is 26.4 Å². The van der Waals surface area contributed by atoms with E-state index < -0.39 is 5.60 Å². The highest BCUT2D eigenvalue weighted by atomic mass is 19.1. The van der Waals surface area contributed by atoms with E-state index in [-0.39, 0.29) is 18.3 Å². The van der Waals surface area contributed by atoms with Crippen molar-refractivity contribution in [1.82, 2.24) is 4.90 Å². The van der Waals surface area contributed by atoms with Gasteiger partial charge < -0.3 is 10.0 Å². The predicted octanol–water partition coefficient (Wildman–Crippen LogP) is 2.46. The first-order valence-electron chi connectivity index (χ1n) is 6.11. The smallest absolute Gasteiger partial charge is 0.246 e. The normalized spacial score (nSPS) is 12.4. The van der Waals surface area contributed by atoms with Crippen LogP contribution in [-0.2, 0) is 4.79 Å². The second kappa shape index (κ2) is 5.97. The maximum absolute atomic E-state index is 12.8. The molecule has 0 spiro atoms. The van der Waals surface area contributed by atoms with Crippen LogP contribution in [0.5, 0.6) is 0 Å². The zero-order valence-corrected chi connectivity index (χ0v) is 11.8. The Labute approximate surface area is 113 Å². The summed E-state index contributed by atoms with van der Waals surface area (Å²) in [5.41, 5.74) is 0.626. The summed E-state index contributed by atoms with van der Waals surface area (Å²) in [6.45, 7) is 5.34. The van der Waals surface area contributed by atoms with E-state index in [2.05, 4.69) is 0 Å². The Morgan fingerprint density at radius 3 is 2.37 bits per heavy atom. The zero-order valence-electron chi connectivity index (χ0n) is 11.8. The largest absolute Gasteiger partial charge is 0.389 e. The van der Waals surface area contributed by atoms with Gasteiger partial charge in [-0.1, -0.05) is 12.1 Å². The maximum atomic E-state index is 12.8. The molecule has 0 unspecified atom stereocenters. The average molecular weight is 265 g/mol. The molecule has 1 amide bonds. The molecule has 1 N–H and O–H groups in total. The van der Waals surface area contributed by atoms with Gasteiger partial charge in [0.1, 0.15) is 5.82 Å². The third-order valence-corrected chi connectivity index (χ3v) is 2.64. The van der Waals surface area contributed by atoms with Gasteiger partial charge in [0.05, 0.1) is 5.60 Å². The lowest BCUT2D eigenvalue weighted by atomic mass is 10.1. The molecule has 0 bridgehead atoms. The van der Waals surface area contributed by atoms with Crippen LogP contribution in [0.3, 0.4) is 0 Å². The molecule has 0 aliphatic heterocycles. The number of benzene rings is 1. The predicted molar refractivity (Wildman–Crippen MR) is 74.0 cm³/mol. The highest BCUT2D eigenvalue weighted by Crippen LogP contribution is 2.15. The SMILES string of the molecule is CC(=CC(=O)N(C)CC(C)(C)O)c1ccc(F)cc1. The molecule has 104 valence electrons. The number of hydrogen-bond acceptors (Lipinski definition) is 2. The summed E-state index contributed by atoms with van der Waals surface area (Å²) < 4.78 is 12.8. The van der Waals surface area contributed by atoms with Crippen molar-refractivity contribution in [3.8, 4) is 0 Å². The molecule has 0 heterocycles. The van der Waals surface area contributed by atoms with E-state index in [1.54, 1.807) is 40.0 Å². The minimum absolute atomic E-state index is 0.191. The minimum Gasteiger partial charge on any atom is -0.389 e. The van der Waals surface area contributed by atoms with E-state index in [9.17, 15) is 14.3 Å². The number of hydrogen-bond donors (Lipinski definition) is 1. The number of likely N-dealkylation sites (N-methyl/N-ethyl adjacent to an activating group) is 1. The number of nitrogens with zero attached hydrogens (tertiary/aromatic N) is 1. The van der Waals surface area contributed by atoms with Gasteiger partial charge in [-0.2, -0.15) is 0 Å². The molecule has 3 nitrogen and oxygen atoms in total. The van der Waals surface area contributed by atoms with E-state index in [1.807, 2.05) is 0 Å². The Kier molecular flexibility index (Phi) is 4.84. The highest BCUT2D eigenvalue weighted by Gasteiger charge is 2.18. The summed E-state index contributed by atoms with van der Waals surface area (Å²) in [6, 6.07) is 5.98. The lowest BCUT2D eigenvalue weighted by Gasteiger charge is -2.24. The molecule has 1 rings (SSSR count). The van der Waals surface area contributed by atoms with Crippen LogP contribution >= 0.6 is 0 Å². The van der Waals surface area contributed by atoms with Gasteiger partial charge in [-0.05, 0) is 44.0 Å². The molecule has 1 aromatic carbocycles. The molecule has 0 fully saturated rings. The first-order chi connectivity index (χ1) is 8.69. The topological polar surface area (TPSA) is 40.5 Å². The molecule has 0 saturated carbocycles. The van der Waals surface area contributed by atoms with Crippen LogP contribution < -0.4 is 0 Å². The Bertz CT molecular complexity index is 472. The van der Waals surface area contributed by atoms with E-state index in [0.29, 0.717) is 0 Å². The van der Waals surface area contributed by atoms with Crippen molar-refractivity contribution in [2.24, 2.45) is 0 Å². The molecule has 0 aliphatic carbocycles. The Balaban J connectivity index is 2.78. The standard InChI is InChI=1S/C15H20FNO2/c1-11(12-5-7-13(16)8-6-12)9-14(18)17(4)10-15(2,3)19/h5-9,19H,10H2,1-4H3. The Morgan fingerprint density at radius 2 is 1.89 bits per heavy atom. The molecule has 0 aromatic heterocycles. The summed E-state index contributed by atoms with van der Waals surface area (Å²) >= 11 is 0. The summed E-state index contributed by atoms with van der Waals surface area (Å²) in [6.07, 6.45) is 1.49. The van der Waals surface area contributed by atoms with Gasteiger partial charge in [0, 0.05) is 19.7 Å². The molecule has 1 aromatic rings. The lowest BCUT2D eigenvalue weighted by molar-refractivity contribution is -0.127. The second-order valence-corrected chi connectivity index (χ2v) is 5.34. The van der Waals surface area contributed by atoms with Gasteiger partial charge in [0.25, 0.3) is 0 Å². The van der Waals surface area contributed by atoms with Crippen LogP contribution in [0.25, 0.3) is 5.57 Å². The summed E-state index contributed by atoms with van der Waals surface area (Å²) in [5.74, 6) is -0.494. The number of aliphatic hydroxyl groups is 1. The quantitative estimate of drug-likeness (QED) is 0.850. The van der Waals surface area contributed by atoms with Crippen LogP contribution in [0.15, 0.2) is 30.3 Å². The van der Waals surface area contributed by atoms with Crippen LogP contribution in [0, 0.1) is 5.82 Å². The third-order valence-electron chi connectivity index (χ3n) is 2.64. The first kappa shape index (κ1) is 15.4. The van der Waals surface area contributed by atoms with E-state index >= 15 is 0 Å². The van der Waals surface area contributed by atoms with Gasteiger partial charge in [-0.25, -0.2) is 4.39 Å². The highest BCUT2D eigenvalue weighted by molar-refractivity contribution is 5.94. The number of carbonyl (C=O) groups is 1. The molecule has 0 atom stereocenters. The third kappa shape index (κ3) is 5.22. The van der Waals surface area contributed by atoms with E-state index in [4.69, 9.17) is 0 Å². The number of halogens is 1. The average Bonchev–Trinajstić information content (AvgIpc) is 2.27. The summed E-state index contributed by atoms with van der Waals surface area (Å²) in [4.78, 5) is 13.4. The summed E-state index contributed by atoms with van der Waals surface area (Å²) in [7, 11) is 1.63. The fourth-order valence-corrected chi connectivity index (χ4v) is 1.75. The number of carbonyl (C=O) groups excluding carboxylic acids is 1. The van der Waals surface area contributed by atoms with Gasteiger partial charge in [-0.15, -0.1) is 0 Å². The molecule has 0 radical (unpaired) electrons. The first-order valence-corrected chi connectivity index (χ1v) is 6.11. The van der Waals surface area contributed by atoms with Gasteiger partial charge in [0.15, 0.2) is 0 Å². The van der Waals surface area contributed by atoms with Crippen LogP contribution in [0.4, 0.5) is 4.39 Å². The fraction of sp³-hybridized carbons (Fsp3) is 0.400. The summed E-state index contributed by atoms with van der Waals surface area (Å²) in [5, 5.41) is 9.66. The molecular formula is C15H20FNO2. The number of rotatable bonds is 4. The van der Waals surface area contributed by atoms with Gasteiger partial charge >= 0.3 is 0 Å². The molecule has 0 saturated heterocycles. The minimum atomic E-state index is -0.929. The van der Waals surface area contributed by atoms with Crippen LogP contribution in [0.2, 0.25) is 0 Å². The van der Waals surface area contributed by atoms with Crippen molar-refractivity contribution in [1.29, 1.82) is 0 Å². The Hall–Kier alpha value is -1.68. The number of allylic oxidation sites excluding steroid dienone is 1. The molecular weight excluding hydrogens is 245 g/mol. The lowest BCUT2D eigenvalue weighted by Crippen LogP contribution is -2.39. The van der Waals surface area contributed by atoms with Crippen molar-refractivity contribution in [3.05, 3.63) is 41.7 Å².